The Morgan fingerprint density at radius 1 is 0.778 bits per heavy atom. The molecular weight excluding hydrogens is 216 g/mol. The molecule has 0 nitrogen and oxygen atoms in total. The first-order chi connectivity index (χ1) is 8.43. The second-order valence-corrected chi connectivity index (χ2v) is 6.30. The number of rotatable bonds is 8. The Morgan fingerprint density at radius 3 is 1.61 bits per heavy atom. The predicted molar refractivity (Wildman–Crippen MR) is 87.0 cm³/mol. The third kappa shape index (κ3) is 8.16. The third-order valence-electron chi connectivity index (χ3n) is 4.44. The molecule has 0 spiro atoms. The van der Waals surface area contributed by atoms with Crippen LogP contribution in [-0.2, 0) is 0 Å². The maximum atomic E-state index is 2.49. The van der Waals surface area contributed by atoms with Gasteiger partial charge in [0, 0.05) is 0 Å². The molecule has 0 radical (unpaired) electrons. The molecule has 0 fully saturated rings. The minimum absolute atomic E-state index is 0.843. The zero-order valence-corrected chi connectivity index (χ0v) is 14.7. The van der Waals surface area contributed by atoms with Crippen LogP contribution in [0.2, 0.25) is 0 Å². The average Bonchev–Trinajstić information content (AvgIpc) is 2.36. The van der Waals surface area contributed by atoms with E-state index in [1.54, 1.807) is 0 Å². The summed E-state index contributed by atoms with van der Waals surface area (Å²) in [4.78, 5) is 0. The highest BCUT2D eigenvalue weighted by Gasteiger charge is 2.26. The zero-order chi connectivity index (χ0) is 14.7. The van der Waals surface area contributed by atoms with Crippen LogP contribution in [-0.4, -0.2) is 0 Å². The highest BCUT2D eigenvalue weighted by molar-refractivity contribution is 4.76. The van der Waals surface area contributed by atoms with Gasteiger partial charge in [-0.3, -0.25) is 0 Å². The minimum atomic E-state index is 0.843. The Kier molecular flexibility index (Phi) is 13.6. The van der Waals surface area contributed by atoms with Gasteiger partial charge in [0.15, 0.2) is 0 Å². The predicted octanol–water partition coefficient (Wildman–Crippen LogP) is 6.79. The first-order valence-electron chi connectivity index (χ1n) is 8.43. The molecule has 4 unspecified atom stereocenters. The Morgan fingerprint density at radius 2 is 1.28 bits per heavy atom. The molecular formula is C18H40. The van der Waals surface area contributed by atoms with Gasteiger partial charge in [-0.2, -0.15) is 0 Å². The van der Waals surface area contributed by atoms with Gasteiger partial charge < -0.3 is 0 Å². The van der Waals surface area contributed by atoms with Gasteiger partial charge in [-0.1, -0.05) is 81.6 Å². The maximum absolute atomic E-state index is 2.49. The second kappa shape index (κ2) is 12.1. The van der Waals surface area contributed by atoms with Crippen LogP contribution < -0.4 is 0 Å². The van der Waals surface area contributed by atoms with Crippen LogP contribution in [0, 0.1) is 29.6 Å². The van der Waals surface area contributed by atoms with Crippen molar-refractivity contribution in [1.29, 1.82) is 0 Å². The summed E-state index contributed by atoms with van der Waals surface area (Å²) in [5, 5.41) is 0. The van der Waals surface area contributed by atoms with Crippen molar-refractivity contribution < 1.29 is 0 Å². The minimum Gasteiger partial charge on any atom is -0.0683 e. The summed E-state index contributed by atoms with van der Waals surface area (Å²) in [6.45, 7) is 20.8. The van der Waals surface area contributed by atoms with Gasteiger partial charge in [-0.15, -0.1) is 0 Å². The van der Waals surface area contributed by atoms with Crippen molar-refractivity contribution in [2.24, 2.45) is 29.6 Å². The van der Waals surface area contributed by atoms with E-state index >= 15 is 0 Å². The van der Waals surface area contributed by atoms with Crippen molar-refractivity contribution in [3.05, 3.63) is 0 Å². The lowest BCUT2D eigenvalue weighted by atomic mass is 9.71. The van der Waals surface area contributed by atoms with Gasteiger partial charge in [-0.05, 0) is 36.0 Å². The summed E-state index contributed by atoms with van der Waals surface area (Å²) in [7, 11) is 0. The van der Waals surface area contributed by atoms with Crippen LogP contribution in [0.3, 0.4) is 0 Å². The highest BCUT2D eigenvalue weighted by Crippen LogP contribution is 2.35. The standard InChI is InChI=1S/C16H34.C2H6/c1-8-10-14(6)15(7)16(11-12(3)4)13(5)9-2;1-2/h12-16H,8-11H2,1-7H3;1-2H3. The van der Waals surface area contributed by atoms with Gasteiger partial charge >= 0.3 is 0 Å². The van der Waals surface area contributed by atoms with Crippen molar-refractivity contribution >= 4 is 0 Å². The van der Waals surface area contributed by atoms with Crippen LogP contribution in [0.15, 0.2) is 0 Å². The summed E-state index contributed by atoms with van der Waals surface area (Å²) in [5.74, 6) is 4.43. The van der Waals surface area contributed by atoms with E-state index < -0.39 is 0 Å². The summed E-state index contributed by atoms with van der Waals surface area (Å²) >= 11 is 0. The second-order valence-electron chi connectivity index (χ2n) is 6.30. The van der Waals surface area contributed by atoms with Gasteiger partial charge in [0.1, 0.15) is 0 Å². The highest BCUT2D eigenvalue weighted by atomic mass is 14.3. The Labute approximate surface area is 118 Å². The van der Waals surface area contributed by atoms with Gasteiger partial charge in [0.2, 0.25) is 0 Å². The first kappa shape index (κ1) is 20.3. The molecule has 0 aromatic heterocycles. The molecule has 0 saturated carbocycles. The summed E-state index contributed by atoms with van der Waals surface area (Å²) < 4.78 is 0. The monoisotopic (exact) mass is 256 g/mol. The lowest BCUT2D eigenvalue weighted by Crippen LogP contribution is -2.26. The molecule has 0 saturated heterocycles. The molecule has 0 rings (SSSR count). The third-order valence-corrected chi connectivity index (χ3v) is 4.44. The molecule has 0 N–H and O–H groups in total. The molecule has 0 amide bonds. The summed E-state index contributed by atoms with van der Waals surface area (Å²) in [6, 6.07) is 0. The van der Waals surface area contributed by atoms with E-state index in [0.717, 1.165) is 29.6 Å². The molecule has 0 aliphatic carbocycles. The van der Waals surface area contributed by atoms with Crippen LogP contribution in [0.5, 0.6) is 0 Å². The maximum Gasteiger partial charge on any atom is -0.0358 e. The van der Waals surface area contributed by atoms with Gasteiger partial charge in [0.25, 0.3) is 0 Å². The van der Waals surface area contributed by atoms with Crippen molar-refractivity contribution in [2.45, 2.75) is 88.0 Å². The molecule has 0 aliphatic rings. The lowest BCUT2D eigenvalue weighted by Gasteiger charge is -2.34. The topological polar surface area (TPSA) is 0 Å². The lowest BCUT2D eigenvalue weighted by molar-refractivity contribution is 0.156. The smallest absolute Gasteiger partial charge is 0.0358 e. The van der Waals surface area contributed by atoms with E-state index in [4.69, 9.17) is 0 Å². The summed E-state index contributed by atoms with van der Waals surface area (Å²) in [5.41, 5.74) is 0. The molecule has 4 atom stereocenters. The van der Waals surface area contributed by atoms with E-state index in [2.05, 4.69) is 48.5 Å². The van der Waals surface area contributed by atoms with Gasteiger partial charge in [0.05, 0.1) is 0 Å². The first-order valence-corrected chi connectivity index (χ1v) is 8.43. The van der Waals surface area contributed by atoms with Crippen LogP contribution >= 0.6 is 0 Å². The van der Waals surface area contributed by atoms with E-state index in [1.165, 1.54) is 25.7 Å². The van der Waals surface area contributed by atoms with Gasteiger partial charge in [-0.25, -0.2) is 0 Å². The molecule has 112 valence electrons. The fourth-order valence-electron chi connectivity index (χ4n) is 2.95. The summed E-state index contributed by atoms with van der Waals surface area (Å²) in [6.07, 6.45) is 5.47. The van der Waals surface area contributed by atoms with Crippen molar-refractivity contribution in [2.75, 3.05) is 0 Å². The SMILES string of the molecule is CC.CCCC(C)C(C)C(CC(C)C)C(C)CC. The normalized spacial score (nSPS) is 17.7. The number of hydrogen-bond acceptors (Lipinski definition) is 0. The molecule has 0 aromatic rings. The fourth-order valence-corrected chi connectivity index (χ4v) is 2.95. The van der Waals surface area contributed by atoms with Crippen molar-refractivity contribution in [3.63, 3.8) is 0 Å². The van der Waals surface area contributed by atoms with Crippen LogP contribution in [0.25, 0.3) is 0 Å². The Balaban J connectivity index is 0. The molecule has 18 heavy (non-hydrogen) atoms. The Hall–Kier alpha value is 0. The Bertz CT molecular complexity index is 159. The zero-order valence-electron chi connectivity index (χ0n) is 14.7. The van der Waals surface area contributed by atoms with Crippen LogP contribution in [0.1, 0.15) is 88.0 Å². The van der Waals surface area contributed by atoms with E-state index in [9.17, 15) is 0 Å². The van der Waals surface area contributed by atoms with E-state index in [1.807, 2.05) is 13.8 Å². The number of hydrogen-bond donors (Lipinski definition) is 0. The molecule has 0 bridgehead atoms. The van der Waals surface area contributed by atoms with Crippen LogP contribution in [0.4, 0.5) is 0 Å². The largest absolute Gasteiger partial charge is 0.0683 e. The molecule has 0 heterocycles. The van der Waals surface area contributed by atoms with Crippen molar-refractivity contribution in [3.8, 4) is 0 Å². The molecule has 0 heteroatoms. The van der Waals surface area contributed by atoms with E-state index in [-0.39, 0.29) is 0 Å². The van der Waals surface area contributed by atoms with Crippen molar-refractivity contribution in [1.82, 2.24) is 0 Å². The van der Waals surface area contributed by atoms with E-state index in [0.29, 0.717) is 0 Å². The fraction of sp³-hybridized carbons (Fsp3) is 1.00. The molecule has 0 aromatic carbocycles. The quantitative estimate of drug-likeness (QED) is 0.448. The molecule has 0 aliphatic heterocycles. The average molecular weight is 257 g/mol.